The second-order valence-corrected chi connectivity index (χ2v) is 6.90. The summed E-state index contributed by atoms with van der Waals surface area (Å²) in [4.78, 5) is 12.2. The molecule has 1 aromatic heterocycles. The molecular formula is C17H16ClN5O2S. The molecule has 1 heterocycles. The van der Waals surface area contributed by atoms with Gasteiger partial charge in [0, 0.05) is 5.02 Å². The molecule has 1 amide bonds. The molecule has 0 saturated carbocycles. The van der Waals surface area contributed by atoms with Crippen LogP contribution < -0.4 is 5.32 Å². The Bertz CT molecular complexity index is 883. The second-order valence-electron chi connectivity index (χ2n) is 5.52. The van der Waals surface area contributed by atoms with Gasteiger partial charge >= 0.3 is 0 Å². The van der Waals surface area contributed by atoms with Crippen molar-refractivity contribution in [1.82, 2.24) is 25.5 Å². The van der Waals surface area contributed by atoms with Gasteiger partial charge in [0.05, 0.1) is 17.5 Å². The van der Waals surface area contributed by atoms with Gasteiger partial charge < -0.3 is 10.4 Å². The minimum absolute atomic E-state index is 0.127. The number of phenolic OH excluding ortho intramolecular Hbond substituents is 1. The number of benzene rings is 2. The summed E-state index contributed by atoms with van der Waals surface area (Å²) in [5.74, 6) is 0.209. The molecule has 0 aliphatic carbocycles. The molecule has 3 aromatic rings. The molecule has 134 valence electrons. The highest BCUT2D eigenvalue weighted by Gasteiger charge is 2.14. The van der Waals surface area contributed by atoms with Gasteiger partial charge in [0.1, 0.15) is 5.75 Å². The molecule has 3 rings (SSSR count). The standard InChI is InChI=1S/C17H16ClN5O2S/c1-11(12-2-4-13(18)5-3-12)19-16(25)10-26-17-20-21-22-23(17)14-6-8-15(24)9-7-14/h2-9,11,24H,10H2,1H3,(H,19,25). The normalized spacial score (nSPS) is 11.9. The Labute approximate surface area is 159 Å². The van der Waals surface area contributed by atoms with E-state index in [1.165, 1.54) is 16.4 Å². The summed E-state index contributed by atoms with van der Waals surface area (Å²) in [5.41, 5.74) is 1.67. The first-order chi connectivity index (χ1) is 12.5. The molecular weight excluding hydrogens is 374 g/mol. The van der Waals surface area contributed by atoms with Gasteiger partial charge in [-0.15, -0.1) is 5.10 Å². The predicted octanol–water partition coefficient (Wildman–Crippen LogP) is 2.99. The van der Waals surface area contributed by atoms with E-state index in [0.717, 1.165) is 5.56 Å². The fraction of sp³-hybridized carbons (Fsp3) is 0.176. The summed E-state index contributed by atoms with van der Waals surface area (Å²) in [7, 11) is 0. The highest BCUT2D eigenvalue weighted by Crippen LogP contribution is 2.20. The summed E-state index contributed by atoms with van der Waals surface area (Å²) >= 11 is 7.11. The fourth-order valence-corrected chi connectivity index (χ4v) is 3.10. The zero-order valence-corrected chi connectivity index (χ0v) is 15.4. The molecule has 0 bridgehead atoms. The lowest BCUT2D eigenvalue weighted by Crippen LogP contribution is -2.28. The van der Waals surface area contributed by atoms with Gasteiger partial charge in [0.25, 0.3) is 0 Å². The number of hydrogen-bond donors (Lipinski definition) is 2. The second kappa shape index (κ2) is 8.20. The van der Waals surface area contributed by atoms with E-state index in [-0.39, 0.29) is 23.5 Å². The van der Waals surface area contributed by atoms with Crippen LogP contribution in [0.15, 0.2) is 53.7 Å². The number of phenols is 1. The molecule has 26 heavy (non-hydrogen) atoms. The third kappa shape index (κ3) is 4.53. The molecule has 0 aliphatic rings. The smallest absolute Gasteiger partial charge is 0.230 e. The summed E-state index contributed by atoms with van der Waals surface area (Å²) in [6, 6.07) is 13.7. The lowest BCUT2D eigenvalue weighted by molar-refractivity contribution is -0.119. The number of nitrogens with zero attached hydrogens (tertiary/aromatic N) is 4. The number of amides is 1. The first kappa shape index (κ1) is 18.2. The number of halogens is 1. The van der Waals surface area contributed by atoms with Crippen molar-refractivity contribution in [3.05, 3.63) is 59.1 Å². The first-order valence-corrected chi connectivity index (χ1v) is 9.14. The van der Waals surface area contributed by atoms with Crippen LogP contribution in [0.5, 0.6) is 5.75 Å². The maximum atomic E-state index is 12.2. The molecule has 2 aromatic carbocycles. The maximum absolute atomic E-state index is 12.2. The van der Waals surface area contributed by atoms with Crippen molar-refractivity contribution in [3.8, 4) is 11.4 Å². The molecule has 7 nitrogen and oxygen atoms in total. The van der Waals surface area contributed by atoms with Crippen LogP contribution in [0.2, 0.25) is 5.02 Å². The van der Waals surface area contributed by atoms with Crippen LogP contribution in [0, 0.1) is 0 Å². The Morgan fingerprint density at radius 2 is 1.92 bits per heavy atom. The van der Waals surface area contributed by atoms with Crippen LogP contribution in [0.1, 0.15) is 18.5 Å². The molecule has 0 spiro atoms. The Morgan fingerprint density at radius 1 is 1.23 bits per heavy atom. The Kier molecular flexibility index (Phi) is 5.75. The van der Waals surface area contributed by atoms with E-state index in [1.807, 2.05) is 19.1 Å². The van der Waals surface area contributed by atoms with Gasteiger partial charge in [0.2, 0.25) is 11.1 Å². The van der Waals surface area contributed by atoms with E-state index in [9.17, 15) is 9.90 Å². The van der Waals surface area contributed by atoms with Crippen LogP contribution in [0.25, 0.3) is 5.69 Å². The van der Waals surface area contributed by atoms with Gasteiger partial charge in [-0.1, -0.05) is 35.5 Å². The average Bonchev–Trinajstić information content (AvgIpc) is 3.09. The number of tetrazole rings is 1. The summed E-state index contributed by atoms with van der Waals surface area (Å²) < 4.78 is 1.51. The largest absolute Gasteiger partial charge is 0.508 e. The number of carbonyl (C=O) groups is 1. The van der Waals surface area contributed by atoms with Gasteiger partial charge in [-0.3, -0.25) is 4.79 Å². The highest BCUT2D eigenvalue weighted by molar-refractivity contribution is 7.99. The van der Waals surface area contributed by atoms with Crippen molar-refractivity contribution in [2.45, 2.75) is 18.1 Å². The molecule has 0 aliphatic heterocycles. The van der Waals surface area contributed by atoms with E-state index in [1.54, 1.807) is 36.4 Å². The number of nitrogens with one attached hydrogen (secondary N) is 1. The molecule has 1 atom stereocenters. The van der Waals surface area contributed by atoms with E-state index in [4.69, 9.17) is 11.6 Å². The highest BCUT2D eigenvalue weighted by atomic mass is 35.5. The fourth-order valence-electron chi connectivity index (χ4n) is 2.27. The van der Waals surface area contributed by atoms with Crippen LogP contribution in [-0.4, -0.2) is 37.0 Å². The quantitative estimate of drug-likeness (QED) is 0.629. The van der Waals surface area contributed by atoms with Crippen molar-refractivity contribution in [3.63, 3.8) is 0 Å². The number of carbonyl (C=O) groups excluding carboxylic acids is 1. The number of rotatable bonds is 6. The monoisotopic (exact) mass is 389 g/mol. The van der Waals surface area contributed by atoms with Gasteiger partial charge in [-0.25, -0.2) is 0 Å². The van der Waals surface area contributed by atoms with Gasteiger partial charge in [-0.05, 0) is 59.3 Å². The number of aromatic nitrogens is 4. The topological polar surface area (TPSA) is 92.9 Å². The third-order valence-electron chi connectivity index (χ3n) is 3.62. The third-order valence-corrected chi connectivity index (χ3v) is 4.79. The molecule has 9 heteroatoms. The van der Waals surface area contributed by atoms with Crippen LogP contribution in [0.4, 0.5) is 0 Å². The van der Waals surface area contributed by atoms with Crippen molar-refractivity contribution in [2.75, 3.05) is 5.75 Å². The SMILES string of the molecule is CC(NC(=O)CSc1nnnn1-c1ccc(O)cc1)c1ccc(Cl)cc1. The molecule has 0 saturated heterocycles. The minimum atomic E-state index is -0.131. The minimum Gasteiger partial charge on any atom is -0.508 e. The first-order valence-electron chi connectivity index (χ1n) is 7.78. The molecule has 1 unspecified atom stereocenters. The van der Waals surface area contributed by atoms with Crippen molar-refractivity contribution >= 4 is 29.3 Å². The number of thioether (sulfide) groups is 1. The Morgan fingerprint density at radius 3 is 2.62 bits per heavy atom. The zero-order valence-electron chi connectivity index (χ0n) is 13.8. The Hall–Kier alpha value is -2.58. The number of aromatic hydroxyl groups is 1. The van der Waals surface area contributed by atoms with Gasteiger partial charge in [-0.2, -0.15) is 4.68 Å². The van der Waals surface area contributed by atoms with Gasteiger partial charge in [0.15, 0.2) is 0 Å². The van der Waals surface area contributed by atoms with E-state index < -0.39 is 0 Å². The van der Waals surface area contributed by atoms with E-state index >= 15 is 0 Å². The maximum Gasteiger partial charge on any atom is 0.230 e. The van der Waals surface area contributed by atoms with Crippen molar-refractivity contribution in [2.24, 2.45) is 0 Å². The predicted molar refractivity (Wildman–Crippen MR) is 99.6 cm³/mol. The lowest BCUT2D eigenvalue weighted by atomic mass is 10.1. The average molecular weight is 390 g/mol. The number of hydrogen-bond acceptors (Lipinski definition) is 6. The summed E-state index contributed by atoms with van der Waals surface area (Å²) in [5, 5.41) is 25.0. The Balaban J connectivity index is 1.59. The van der Waals surface area contributed by atoms with Crippen LogP contribution in [-0.2, 0) is 4.79 Å². The van der Waals surface area contributed by atoms with Crippen molar-refractivity contribution in [1.29, 1.82) is 0 Å². The summed E-state index contributed by atoms with van der Waals surface area (Å²) in [6.45, 7) is 1.91. The molecule has 0 radical (unpaired) electrons. The van der Waals surface area contributed by atoms with Crippen LogP contribution in [0.3, 0.4) is 0 Å². The lowest BCUT2D eigenvalue weighted by Gasteiger charge is -2.14. The molecule has 0 fully saturated rings. The van der Waals surface area contributed by atoms with E-state index in [2.05, 4.69) is 20.8 Å². The molecule has 2 N–H and O–H groups in total. The van der Waals surface area contributed by atoms with Crippen LogP contribution >= 0.6 is 23.4 Å². The van der Waals surface area contributed by atoms with Crippen molar-refractivity contribution < 1.29 is 9.90 Å². The summed E-state index contributed by atoms with van der Waals surface area (Å²) in [6.07, 6.45) is 0. The van der Waals surface area contributed by atoms with E-state index in [0.29, 0.717) is 15.9 Å². The zero-order chi connectivity index (χ0) is 18.5.